The van der Waals surface area contributed by atoms with E-state index in [9.17, 15) is 4.79 Å². The Balaban J connectivity index is 1.81. The number of thioether (sulfide) groups is 1. The third kappa shape index (κ3) is 3.72. The van der Waals surface area contributed by atoms with Gasteiger partial charge in [0, 0.05) is 12.4 Å². The highest BCUT2D eigenvalue weighted by Gasteiger charge is 2.34. The van der Waals surface area contributed by atoms with Crippen LogP contribution in [-0.4, -0.2) is 16.1 Å². The Morgan fingerprint density at radius 3 is 2.57 bits per heavy atom. The molecule has 1 aliphatic heterocycles. The summed E-state index contributed by atoms with van der Waals surface area (Å²) in [5.41, 5.74) is 3.45. The molecule has 6 heteroatoms. The highest BCUT2D eigenvalue weighted by atomic mass is 35.5. The second kappa shape index (κ2) is 8.00. The zero-order valence-electron chi connectivity index (χ0n) is 15.0. The first-order valence-electron chi connectivity index (χ1n) is 8.66. The summed E-state index contributed by atoms with van der Waals surface area (Å²) in [6.45, 7) is 2.02. The fourth-order valence-corrected chi connectivity index (χ4v) is 3.95. The van der Waals surface area contributed by atoms with Crippen LogP contribution in [0.15, 0.2) is 83.0 Å². The number of para-hydroxylation sites is 1. The number of rotatable bonds is 3. The maximum atomic E-state index is 13.2. The number of pyridine rings is 1. The van der Waals surface area contributed by atoms with Crippen molar-refractivity contribution in [2.75, 3.05) is 4.90 Å². The number of amidine groups is 1. The second-order valence-corrected chi connectivity index (χ2v) is 7.58. The maximum absolute atomic E-state index is 13.2. The van der Waals surface area contributed by atoms with Crippen molar-refractivity contribution in [3.63, 3.8) is 0 Å². The Morgan fingerprint density at radius 1 is 1.07 bits per heavy atom. The van der Waals surface area contributed by atoms with E-state index in [4.69, 9.17) is 11.6 Å². The number of halogens is 1. The van der Waals surface area contributed by atoms with Crippen molar-refractivity contribution in [1.29, 1.82) is 0 Å². The Labute approximate surface area is 172 Å². The molecule has 2 heterocycles. The van der Waals surface area contributed by atoms with E-state index in [1.165, 1.54) is 11.8 Å². The van der Waals surface area contributed by atoms with Crippen LogP contribution in [0, 0.1) is 6.92 Å². The van der Waals surface area contributed by atoms with Gasteiger partial charge in [-0.1, -0.05) is 54.1 Å². The Kier molecular flexibility index (Phi) is 5.28. The van der Waals surface area contributed by atoms with E-state index in [-0.39, 0.29) is 5.91 Å². The van der Waals surface area contributed by atoms with Gasteiger partial charge >= 0.3 is 0 Å². The van der Waals surface area contributed by atoms with Crippen LogP contribution in [0.1, 0.15) is 11.1 Å². The van der Waals surface area contributed by atoms with Crippen LogP contribution in [0.5, 0.6) is 0 Å². The molecule has 1 saturated heterocycles. The number of aromatic nitrogens is 1. The number of aliphatic imine (C=N–C) groups is 1. The molecule has 0 aliphatic carbocycles. The monoisotopic (exact) mass is 405 g/mol. The van der Waals surface area contributed by atoms with Crippen LogP contribution in [-0.2, 0) is 4.79 Å². The summed E-state index contributed by atoms with van der Waals surface area (Å²) in [6.07, 6.45) is 5.08. The smallest absolute Gasteiger partial charge is 0.268 e. The van der Waals surface area contributed by atoms with Crippen LogP contribution < -0.4 is 4.90 Å². The van der Waals surface area contributed by atoms with Gasteiger partial charge < -0.3 is 0 Å². The van der Waals surface area contributed by atoms with E-state index < -0.39 is 0 Å². The Bertz CT molecular complexity index is 1100. The van der Waals surface area contributed by atoms with Crippen molar-refractivity contribution in [3.05, 3.63) is 94.1 Å². The fourth-order valence-electron chi connectivity index (χ4n) is 2.81. The van der Waals surface area contributed by atoms with E-state index in [1.54, 1.807) is 23.4 Å². The van der Waals surface area contributed by atoms with Crippen molar-refractivity contribution in [1.82, 2.24) is 4.98 Å². The number of anilines is 1. The molecule has 0 N–H and O–H groups in total. The lowest BCUT2D eigenvalue weighted by Gasteiger charge is -2.15. The minimum Gasteiger partial charge on any atom is -0.268 e. The lowest BCUT2D eigenvalue weighted by molar-refractivity contribution is -0.113. The van der Waals surface area contributed by atoms with Gasteiger partial charge in [0.2, 0.25) is 0 Å². The van der Waals surface area contributed by atoms with Crippen LogP contribution >= 0.6 is 23.4 Å². The SMILES string of the molecule is Cc1ccccc1/C=C1\SC(=Nc2ccncc2Cl)N(c2ccccc2)C1=O. The summed E-state index contributed by atoms with van der Waals surface area (Å²) in [4.78, 5) is 24.1. The molecular formula is C22H16ClN3OS. The third-order valence-corrected chi connectivity index (χ3v) is 5.52. The largest absolute Gasteiger partial charge is 0.271 e. The summed E-state index contributed by atoms with van der Waals surface area (Å²) in [5, 5.41) is 0.997. The first-order valence-corrected chi connectivity index (χ1v) is 9.86. The molecule has 1 aromatic heterocycles. The molecule has 28 heavy (non-hydrogen) atoms. The van der Waals surface area contributed by atoms with Crippen LogP contribution in [0.2, 0.25) is 5.02 Å². The second-order valence-electron chi connectivity index (χ2n) is 6.16. The van der Waals surface area contributed by atoms with Crippen molar-refractivity contribution in [3.8, 4) is 0 Å². The zero-order valence-corrected chi connectivity index (χ0v) is 16.6. The summed E-state index contributed by atoms with van der Waals surface area (Å²) in [5.74, 6) is -0.108. The number of amides is 1. The predicted molar refractivity (Wildman–Crippen MR) is 117 cm³/mol. The molecule has 1 aliphatic rings. The molecule has 0 spiro atoms. The average molecular weight is 406 g/mol. The molecular weight excluding hydrogens is 390 g/mol. The fraction of sp³-hybridized carbons (Fsp3) is 0.0455. The summed E-state index contributed by atoms with van der Waals surface area (Å²) >= 11 is 7.56. The number of nitrogens with zero attached hydrogens (tertiary/aromatic N) is 3. The Hall–Kier alpha value is -2.89. The van der Waals surface area contributed by atoms with Gasteiger partial charge in [0.05, 0.1) is 21.3 Å². The van der Waals surface area contributed by atoms with E-state index in [0.717, 1.165) is 16.8 Å². The molecule has 2 aromatic carbocycles. The first-order chi connectivity index (χ1) is 13.6. The molecule has 0 bridgehead atoms. The molecule has 4 rings (SSSR count). The van der Waals surface area contributed by atoms with Crippen LogP contribution in [0.3, 0.4) is 0 Å². The van der Waals surface area contributed by atoms with Gasteiger partial charge in [0.25, 0.3) is 5.91 Å². The Morgan fingerprint density at radius 2 is 1.82 bits per heavy atom. The van der Waals surface area contributed by atoms with Crippen LogP contribution in [0.4, 0.5) is 11.4 Å². The third-order valence-electron chi connectivity index (χ3n) is 4.26. The predicted octanol–water partition coefficient (Wildman–Crippen LogP) is 5.85. The first kappa shape index (κ1) is 18.5. The summed E-state index contributed by atoms with van der Waals surface area (Å²) < 4.78 is 0. The van der Waals surface area contributed by atoms with E-state index in [2.05, 4.69) is 9.98 Å². The number of hydrogen-bond acceptors (Lipinski definition) is 4. The molecule has 0 radical (unpaired) electrons. The van der Waals surface area contributed by atoms with Crippen molar-refractivity contribution in [2.45, 2.75) is 6.92 Å². The quantitative estimate of drug-likeness (QED) is 0.513. The van der Waals surface area contributed by atoms with Gasteiger partial charge in [-0.3, -0.25) is 14.7 Å². The molecule has 4 nitrogen and oxygen atoms in total. The minimum atomic E-state index is -0.108. The lowest BCUT2D eigenvalue weighted by atomic mass is 10.1. The highest BCUT2D eigenvalue weighted by molar-refractivity contribution is 8.19. The molecule has 0 atom stereocenters. The van der Waals surface area contributed by atoms with Gasteiger partial charge in [-0.2, -0.15) is 0 Å². The van der Waals surface area contributed by atoms with E-state index in [1.807, 2.05) is 67.6 Å². The van der Waals surface area contributed by atoms with E-state index in [0.29, 0.717) is 20.8 Å². The van der Waals surface area contributed by atoms with E-state index >= 15 is 0 Å². The number of carbonyl (C=O) groups excluding carboxylic acids is 1. The summed E-state index contributed by atoms with van der Waals surface area (Å²) in [6, 6.07) is 19.2. The molecule has 138 valence electrons. The average Bonchev–Trinajstić information content (AvgIpc) is 3.01. The number of hydrogen-bond donors (Lipinski definition) is 0. The molecule has 1 fully saturated rings. The number of carbonyl (C=O) groups is 1. The topological polar surface area (TPSA) is 45.6 Å². The van der Waals surface area contributed by atoms with Crippen molar-refractivity contribution < 1.29 is 4.79 Å². The van der Waals surface area contributed by atoms with Crippen molar-refractivity contribution in [2.24, 2.45) is 4.99 Å². The lowest BCUT2D eigenvalue weighted by Crippen LogP contribution is -2.28. The minimum absolute atomic E-state index is 0.108. The molecule has 3 aromatic rings. The van der Waals surface area contributed by atoms with Crippen LogP contribution in [0.25, 0.3) is 6.08 Å². The highest BCUT2D eigenvalue weighted by Crippen LogP contribution is 2.38. The summed E-state index contributed by atoms with van der Waals surface area (Å²) in [7, 11) is 0. The number of aryl methyl sites for hydroxylation is 1. The van der Waals surface area contributed by atoms with Gasteiger partial charge in [0.1, 0.15) is 0 Å². The number of benzene rings is 2. The van der Waals surface area contributed by atoms with Crippen molar-refractivity contribution >= 4 is 51.9 Å². The maximum Gasteiger partial charge on any atom is 0.271 e. The molecule has 0 unspecified atom stereocenters. The molecule has 1 amide bonds. The standard InChI is InChI=1S/C22H16ClN3OS/c1-15-7-5-6-8-16(15)13-20-21(27)26(17-9-3-2-4-10-17)22(28-20)25-19-11-12-24-14-18(19)23/h2-14H,1H3/b20-13-,25-22?. The van der Waals surface area contributed by atoms with Gasteiger partial charge in [-0.05, 0) is 54.1 Å². The zero-order chi connectivity index (χ0) is 19.5. The van der Waals surface area contributed by atoms with Gasteiger partial charge in [0.15, 0.2) is 5.17 Å². The van der Waals surface area contributed by atoms with Gasteiger partial charge in [-0.25, -0.2) is 4.99 Å². The van der Waals surface area contributed by atoms with Gasteiger partial charge in [-0.15, -0.1) is 0 Å². The normalized spacial score (nSPS) is 16.9. The molecule has 0 saturated carbocycles.